The summed E-state index contributed by atoms with van der Waals surface area (Å²) in [6.45, 7) is 5.87. The number of nitro groups is 1. The van der Waals surface area contributed by atoms with Gasteiger partial charge in [0, 0.05) is 37.0 Å². The van der Waals surface area contributed by atoms with Crippen LogP contribution in [0.25, 0.3) is 0 Å². The zero-order valence-corrected chi connectivity index (χ0v) is 10.8. The Labute approximate surface area is 107 Å². The van der Waals surface area contributed by atoms with Crippen LogP contribution >= 0.6 is 0 Å². The number of nitrogens with two attached hydrogens (primary N) is 1. The molecule has 1 aromatic carbocycles. The van der Waals surface area contributed by atoms with Crippen molar-refractivity contribution < 1.29 is 4.92 Å². The van der Waals surface area contributed by atoms with Gasteiger partial charge >= 0.3 is 0 Å². The summed E-state index contributed by atoms with van der Waals surface area (Å²) in [7, 11) is 0. The van der Waals surface area contributed by atoms with Crippen molar-refractivity contribution in [3.05, 3.63) is 33.9 Å². The van der Waals surface area contributed by atoms with Gasteiger partial charge in [0.25, 0.3) is 5.69 Å². The van der Waals surface area contributed by atoms with Crippen LogP contribution in [0.15, 0.2) is 18.2 Å². The van der Waals surface area contributed by atoms with E-state index in [9.17, 15) is 10.1 Å². The van der Waals surface area contributed by atoms with Gasteiger partial charge in [-0.3, -0.25) is 10.1 Å². The molecule has 18 heavy (non-hydrogen) atoms. The van der Waals surface area contributed by atoms with Crippen molar-refractivity contribution in [2.24, 2.45) is 11.7 Å². The van der Waals surface area contributed by atoms with E-state index in [2.05, 4.69) is 11.8 Å². The number of rotatable bonds is 2. The molecule has 1 aliphatic heterocycles. The molecule has 2 unspecified atom stereocenters. The monoisotopic (exact) mass is 249 g/mol. The Bertz CT molecular complexity index is 462. The van der Waals surface area contributed by atoms with E-state index in [1.54, 1.807) is 12.1 Å². The molecule has 0 aromatic heterocycles. The first-order chi connectivity index (χ1) is 8.49. The third-order valence-corrected chi connectivity index (χ3v) is 3.75. The van der Waals surface area contributed by atoms with E-state index in [1.807, 2.05) is 13.0 Å². The predicted molar refractivity (Wildman–Crippen MR) is 71.8 cm³/mol. The first-order valence-corrected chi connectivity index (χ1v) is 6.24. The van der Waals surface area contributed by atoms with Crippen molar-refractivity contribution in [3.8, 4) is 0 Å². The highest BCUT2D eigenvalue weighted by Gasteiger charge is 2.24. The summed E-state index contributed by atoms with van der Waals surface area (Å²) in [5.74, 6) is 0.541. The van der Waals surface area contributed by atoms with Gasteiger partial charge in [-0.05, 0) is 30.9 Å². The number of nitrogens with zero attached hydrogens (tertiary/aromatic N) is 2. The highest BCUT2D eigenvalue weighted by molar-refractivity contribution is 5.57. The maximum atomic E-state index is 10.7. The molecule has 1 saturated heterocycles. The van der Waals surface area contributed by atoms with Crippen molar-refractivity contribution in [1.29, 1.82) is 0 Å². The van der Waals surface area contributed by atoms with E-state index >= 15 is 0 Å². The van der Waals surface area contributed by atoms with Crippen molar-refractivity contribution in [1.82, 2.24) is 0 Å². The SMILES string of the molecule is Cc1cc([N+](=O)[O-])ccc1N1CCC(C)C(N)C1. The Morgan fingerprint density at radius 1 is 1.50 bits per heavy atom. The van der Waals surface area contributed by atoms with Crippen LogP contribution in [0.1, 0.15) is 18.9 Å². The number of hydrogen-bond donors (Lipinski definition) is 1. The van der Waals surface area contributed by atoms with Crippen LogP contribution in [0.2, 0.25) is 0 Å². The second-order valence-electron chi connectivity index (χ2n) is 5.10. The second-order valence-corrected chi connectivity index (χ2v) is 5.10. The topological polar surface area (TPSA) is 72.4 Å². The molecule has 98 valence electrons. The van der Waals surface area contributed by atoms with Gasteiger partial charge < -0.3 is 10.6 Å². The van der Waals surface area contributed by atoms with E-state index < -0.39 is 0 Å². The molecule has 2 N–H and O–H groups in total. The van der Waals surface area contributed by atoms with Crippen LogP contribution in [0.3, 0.4) is 0 Å². The summed E-state index contributed by atoms with van der Waals surface area (Å²) < 4.78 is 0. The van der Waals surface area contributed by atoms with Crippen LogP contribution < -0.4 is 10.6 Å². The van der Waals surface area contributed by atoms with Crippen LogP contribution in [0.5, 0.6) is 0 Å². The van der Waals surface area contributed by atoms with Gasteiger partial charge in [-0.25, -0.2) is 0 Å². The molecule has 5 heteroatoms. The molecular formula is C13H19N3O2. The zero-order chi connectivity index (χ0) is 13.3. The number of nitro benzene ring substituents is 1. The molecular weight excluding hydrogens is 230 g/mol. The molecule has 1 heterocycles. The molecule has 1 aromatic rings. The fourth-order valence-electron chi connectivity index (χ4n) is 2.43. The summed E-state index contributed by atoms with van der Waals surface area (Å²) in [6.07, 6.45) is 1.07. The first kappa shape index (κ1) is 12.8. The Balaban J connectivity index is 2.21. The normalized spacial score (nSPS) is 24.1. The molecule has 0 aliphatic carbocycles. The minimum absolute atomic E-state index is 0.144. The lowest BCUT2D eigenvalue weighted by Gasteiger charge is -2.37. The molecule has 2 atom stereocenters. The summed E-state index contributed by atoms with van der Waals surface area (Å²) in [6, 6.07) is 5.19. The summed E-state index contributed by atoms with van der Waals surface area (Å²) in [4.78, 5) is 12.6. The van der Waals surface area contributed by atoms with Gasteiger partial charge in [0.15, 0.2) is 0 Å². The third kappa shape index (κ3) is 2.46. The predicted octanol–water partition coefficient (Wildman–Crippen LogP) is 2.08. The molecule has 0 spiro atoms. The number of hydrogen-bond acceptors (Lipinski definition) is 4. The van der Waals surface area contributed by atoms with Gasteiger partial charge in [-0.1, -0.05) is 6.92 Å². The van der Waals surface area contributed by atoms with Crippen molar-refractivity contribution in [2.75, 3.05) is 18.0 Å². The molecule has 1 aliphatic rings. The van der Waals surface area contributed by atoms with E-state index in [4.69, 9.17) is 5.73 Å². The third-order valence-electron chi connectivity index (χ3n) is 3.75. The Morgan fingerprint density at radius 3 is 2.78 bits per heavy atom. The average Bonchev–Trinajstić information content (AvgIpc) is 2.32. The first-order valence-electron chi connectivity index (χ1n) is 6.24. The number of benzene rings is 1. The van der Waals surface area contributed by atoms with E-state index in [-0.39, 0.29) is 16.7 Å². The van der Waals surface area contributed by atoms with Gasteiger partial charge in [0.2, 0.25) is 0 Å². The largest absolute Gasteiger partial charge is 0.370 e. The lowest BCUT2D eigenvalue weighted by molar-refractivity contribution is -0.384. The summed E-state index contributed by atoms with van der Waals surface area (Å²) in [5, 5.41) is 10.7. The lowest BCUT2D eigenvalue weighted by atomic mass is 9.93. The van der Waals surface area contributed by atoms with Crippen molar-refractivity contribution >= 4 is 11.4 Å². The highest BCUT2D eigenvalue weighted by atomic mass is 16.6. The maximum absolute atomic E-state index is 10.7. The molecule has 0 bridgehead atoms. The summed E-state index contributed by atoms with van der Waals surface area (Å²) >= 11 is 0. The molecule has 0 radical (unpaired) electrons. The quantitative estimate of drug-likeness (QED) is 0.643. The molecule has 2 rings (SSSR count). The van der Waals surface area contributed by atoms with Crippen LogP contribution in [0, 0.1) is 23.0 Å². The number of non-ortho nitro benzene ring substituents is 1. The maximum Gasteiger partial charge on any atom is 0.269 e. The van der Waals surface area contributed by atoms with Crippen LogP contribution in [-0.4, -0.2) is 24.1 Å². The smallest absolute Gasteiger partial charge is 0.269 e. The Morgan fingerprint density at radius 2 is 2.22 bits per heavy atom. The Kier molecular flexibility index (Phi) is 3.52. The molecule has 0 amide bonds. The fraction of sp³-hybridized carbons (Fsp3) is 0.538. The van der Waals surface area contributed by atoms with Gasteiger partial charge in [-0.15, -0.1) is 0 Å². The lowest BCUT2D eigenvalue weighted by Crippen LogP contribution is -2.47. The molecule has 1 fully saturated rings. The van der Waals surface area contributed by atoms with Gasteiger partial charge in [0.1, 0.15) is 0 Å². The average molecular weight is 249 g/mol. The number of aryl methyl sites for hydroxylation is 1. The van der Waals surface area contributed by atoms with E-state index in [0.717, 1.165) is 30.8 Å². The number of piperidine rings is 1. The van der Waals surface area contributed by atoms with Crippen molar-refractivity contribution in [2.45, 2.75) is 26.3 Å². The van der Waals surface area contributed by atoms with Crippen molar-refractivity contribution in [3.63, 3.8) is 0 Å². The zero-order valence-electron chi connectivity index (χ0n) is 10.8. The van der Waals surface area contributed by atoms with Gasteiger partial charge in [-0.2, -0.15) is 0 Å². The minimum Gasteiger partial charge on any atom is -0.370 e. The highest BCUT2D eigenvalue weighted by Crippen LogP contribution is 2.28. The summed E-state index contributed by atoms with van der Waals surface area (Å²) in [5.41, 5.74) is 8.22. The van der Waals surface area contributed by atoms with Crippen LogP contribution in [0.4, 0.5) is 11.4 Å². The fourth-order valence-corrected chi connectivity index (χ4v) is 2.43. The molecule has 0 saturated carbocycles. The second kappa shape index (κ2) is 4.94. The van der Waals surface area contributed by atoms with Gasteiger partial charge in [0.05, 0.1) is 4.92 Å². The number of anilines is 1. The minimum atomic E-state index is -0.360. The molecule has 5 nitrogen and oxygen atoms in total. The standard InChI is InChI=1S/C13H19N3O2/c1-9-5-6-15(8-12(9)14)13-4-3-11(16(17)18)7-10(13)2/h3-4,7,9,12H,5-6,8,14H2,1-2H3. The van der Waals surface area contributed by atoms with E-state index in [0.29, 0.717) is 5.92 Å². The Hall–Kier alpha value is -1.62. The van der Waals surface area contributed by atoms with E-state index in [1.165, 1.54) is 0 Å². The van der Waals surface area contributed by atoms with Crippen LogP contribution in [-0.2, 0) is 0 Å².